The van der Waals surface area contributed by atoms with Gasteiger partial charge in [-0.05, 0) is 55.3 Å². The number of ketones is 1. The summed E-state index contributed by atoms with van der Waals surface area (Å²) in [4.78, 5) is 12.8. The standard InChI is InChI=1S/C23H23N3O5S/c27-17-6-3-15(4-7-17)22-24-25-23(26(22)13-18-2-1-9-29-18)32-14-19(28)16-5-8-20-21(12-16)31-11-10-30-20/h3-8,12,18,27H,1-2,9-11,13-14H2. The van der Waals surface area contributed by atoms with E-state index in [0.29, 0.717) is 47.8 Å². The number of phenolic OH excluding ortho intramolecular Hbond substituents is 1. The molecule has 32 heavy (non-hydrogen) atoms. The normalized spacial score (nSPS) is 17.4. The van der Waals surface area contributed by atoms with Crippen LogP contribution in [0.5, 0.6) is 17.2 Å². The Morgan fingerprint density at radius 2 is 1.88 bits per heavy atom. The van der Waals surface area contributed by atoms with Gasteiger partial charge in [-0.2, -0.15) is 0 Å². The van der Waals surface area contributed by atoms with Gasteiger partial charge in [0.05, 0.1) is 18.4 Å². The molecule has 166 valence electrons. The fraction of sp³-hybridized carbons (Fsp3) is 0.348. The zero-order valence-electron chi connectivity index (χ0n) is 17.4. The van der Waals surface area contributed by atoms with E-state index < -0.39 is 0 Å². The van der Waals surface area contributed by atoms with Crippen LogP contribution in [0.2, 0.25) is 0 Å². The van der Waals surface area contributed by atoms with Gasteiger partial charge in [-0.25, -0.2) is 0 Å². The van der Waals surface area contributed by atoms with Crippen molar-refractivity contribution in [3.05, 3.63) is 48.0 Å². The Morgan fingerprint density at radius 3 is 2.66 bits per heavy atom. The van der Waals surface area contributed by atoms with Crippen LogP contribution in [0.4, 0.5) is 0 Å². The van der Waals surface area contributed by atoms with Crippen LogP contribution in [0.25, 0.3) is 11.4 Å². The molecule has 8 nitrogen and oxygen atoms in total. The molecule has 2 aromatic carbocycles. The smallest absolute Gasteiger partial charge is 0.192 e. The van der Waals surface area contributed by atoms with Gasteiger partial charge < -0.3 is 19.3 Å². The fourth-order valence-electron chi connectivity index (χ4n) is 3.81. The van der Waals surface area contributed by atoms with E-state index in [2.05, 4.69) is 10.2 Å². The number of thioether (sulfide) groups is 1. The van der Waals surface area contributed by atoms with Crippen molar-refractivity contribution in [3.63, 3.8) is 0 Å². The van der Waals surface area contributed by atoms with Gasteiger partial charge in [0.15, 0.2) is 28.3 Å². The lowest BCUT2D eigenvalue weighted by Crippen LogP contribution is -2.17. The second-order valence-electron chi connectivity index (χ2n) is 7.67. The van der Waals surface area contributed by atoms with E-state index in [1.807, 2.05) is 4.57 Å². The van der Waals surface area contributed by atoms with Gasteiger partial charge in [0.2, 0.25) is 0 Å². The van der Waals surface area contributed by atoms with Crippen molar-refractivity contribution >= 4 is 17.5 Å². The summed E-state index contributed by atoms with van der Waals surface area (Å²) >= 11 is 1.35. The molecule has 0 spiro atoms. The molecule has 3 heterocycles. The molecular weight excluding hydrogens is 430 g/mol. The third kappa shape index (κ3) is 4.44. The van der Waals surface area contributed by atoms with Crippen molar-refractivity contribution < 1.29 is 24.1 Å². The van der Waals surface area contributed by atoms with Gasteiger partial charge in [-0.15, -0.1) is 10.2 Å². The number of carbonyl (C=O) groups excluding carboxylic acids is 1. The lowest BCUT2D eigenvalue weighted by atomic mass is 10.1. The minimum atomic E-state index is -0.0233. The Kier molecular flexibility index (Phi) is 6.00. The summed E-state index contributed by atoms with van der Waals surface area (Å²) in [6.45, 7) is 2.36. The van der Waals surface area contributed by atoms with Gasteiger partial charge in [-0.1, -0.05) is 11.8 Å². The molecule has 0 radical (unpaired) electrons. The summed E-state index contributed by atoms with van der Waals surface area (Å²) in [6.07, 6.45) is 2.11. The molecule has 0 bridgehead atoms. The number of Topliss-reactive ketones (excluding diaryl/α,β-unsaturated/α-hetero) is 1. The monoisotopic (exact) mass is 453 g/mol. The minimum Gasteiger partial charge on any atom is -0.508 e. The van der Waals surface area contributed by atoms with E-state index >= 15 is 0 Å². The number of ether oxygens (including phenoxy) is 3. The van der Waals surface area contributed by atoms with Crippen LogP contribution in [-0.4, -0.2) is 57.3 Å². The molecule has 1 atom stereocenters. The van der Waals surface area contributed by atoms with Gasteiger partial charge in [0, 0.05) is 17.7 Å². The molecular formula is C23H23N3O5S. The van der Waals surface area contributed by atoms with Crippen LogP contribution in [0, 0.1) is 0 Å². The number of hydrogen-bond acceptors (Lipinski definition) is 8. The predicted molar refractivity (Wildman–Crippen MR) is 119 cm³/mol. The minimum absolute atomic E-state index is 0.0233. The third-order valence-electron chi connectivity index (χ3n) is 5.45. The number of carbonyl (C=O) groups is 1. The molecule has 5 rings (SSSR count). The molecule has 0 saturated carbocycles. The van der Waals surface area contributed by atoms with Gasteiger partial charge in [-0.3, -0.25) is 9.36 Å². The van der Waals surface area contributed by atoms with Crippen LogP contribution < -0.4 is 9.47 Å². The summed E-state index contributed by atoms with van der Waals surface area (Å²) in [5.74, 6) is 2.34. The zero-order chi connectivity index (χ0) is 21.9. The van der Waals surface area contributed by atoms with Crippen LogP contribution in [0.15, 0.2) is 47.6 Å². The van der Waals surface area contributed by atoms with E-state index in [-0.39, 0.29) is 23.4 Å². The van der Waals surface area contributed by atoms with Crippen LogP contribution in [0.1, 0.15) is 23.2 Å². The molecule has 0 aliphatic carbocycles. The maximum absolute atomic E-state index is 12.8. The molecule has 0 amide bonds. The Bertz CT molecular complexity index is 1110. The first-order valence-electron chi connectivity index (χ1n) is 10.6. The molecule has 2 aliphatic heterocycles. The van der Waals surface area contributed by atoms with Crippen LogP contribution in [-0.2, 0) is 11.3 Å². The molecule has 2 aliphatic rings. The summed E-state index contributed by atoms with van der Waals surface area (Å²) < 4.78 is 18.9. The largest absolute Gasteiger partial charge is 0.508 e. The average Bonchev–Trinajstić information content (AvgIpc) is 3.48. The van der Waals surface area contributed by atoms with Crippen molar-refractivity contribution in [2.24, 2.45) is 0 Å². The zero-order valence-corrected chi connectivity index (χ0v) is 18.2. The van der Waals surface area contributed by atoms with Gasteiger partial charge >= 0.3 is 0 Å². The topological polar surface area (TPSA) is 95.7 Å². The number of aromatic hydroxyl groups is 1. The van der Waals surface area contributed by atoms with Crippen molar-refractivity contribution in [2.45, 2.75) is 30.6 Å². The average molecular weight is 454 g/mol. The van der Waals surface area contributed by atoms with Crippen molar-refractivity contribution in [1.82, 2.24) is 14.8 Å². The maximum Gasteiger partial charge on any atom is 0.192 e. The van der Waals surface area contributed by atoms with Crippen LogP contribution >= 0.6 is 11.8 Å². The number of phenols is 1. The Hall–Kier alpha value is -3.04. The van der Waals surface area contributed by atoms with E-state index in [9.17, 15) is 9.90 Å². The second-order valence-corrected chi connectivity index (χ2v) is 8.61. The predicted octanol–water partition coefficient (Wildman–Crippen LogP) is 3.58. The molecule has 1 fully saturated rings. The van der Waals surface area contributed by atoms with Gasteiger partial charge in [0.25, 0.3) is 0 Å². The van der Waals surface area contributed by atoms with Crippen molar-refractivity contribution in [1.29, 1.82) is 0 Å². The number of aromatic nitrogens is 3. The SMILES string of the molecule is O=C(CSc1nnc(-c2ccc(O)cc2)n1CC1CCCO1)c1ccc2c(c1)OCCO2. The Labute approximate surface area is 189 Å². The Balaban J connectivity index is 1.35. The third-order valence-corrected chi connectivity index (χ3v) is 6.42. The van der Waals surface area contributed by atoms with Crippen LogP contribution in [0.3, 0.4) is 0 Å². The molecule has 1 saturated heterocycles. The molecule has 1 unspecified atom stereocenters. The first-order valence-corrected chi connectivity index (χ1v) is 11.6. The highest BCUT2D eigenvalue weighted by molar-refractivity contribution is 7.99. The quantitative estimate of drug-likeness (QED) is 0.428. The lowest BCUT2D eigenvalue weighted by Gasteiger charge is -2.18. The Morgan fingerprint density at radius 1 is 1.06 bits per heavy atom. The molecule has 1 aromatic heterocycles. The maximum atomic E-state index is 12.8. The highest BCUT2D eigenvalue weighted by Gasteiger charge is 2.23. The number of fused-ring (bicyclic) bond motifs is 1. The number of benzene rings is 2. The van der Waals surface area contributed by atoms with E-state index in [4.69, 9.17) is 14.2 Å². The highest BCUT2D eigenvalue weighted by atomic mass is 32.2. The second kappa shape index (κ2) is 9.22. The lowest BCUT2D eigenvalue weighted by molar-refractivity contribution is 0.0953. The number of hydrogen-bond donors (Lipinski definition) is 1. The van der Waals surface area contributed by atoms with E-state index in [0.717, 1.165) is 25.0 Å². The first-order chi connectivity index (χ1) is 15.7. The molecule has 3 aromatic rings. The summed E-state index contributed by atoms with van der Waals surface area (Å²) in [5, 5.41) is 19.0. The van der Waals surface area contributed by atoms with E-state index in [1.54, 1.807) is 42.5 Å². The van der Waals surface area contributed by atoms with Crippen molar-refractivity contribution in [2.75, 3.05) is 25.6 Å². The van der Waals surface area contributed by atoms with E-state index in [1.165, 1.54) is 11.8 Å². The summed E-state index contributed by atoms with van der Waals surface area (Å²) in [5.41, 5.74) is 1.42. The van der Waals surface area contributed by atoms with Crippen molar-refractivity contribution in [3.8, 4) is 28.6 Å². The summed E-state index contributed by atoms with van der Waals surface area (Å²) in [7, 11) is 0. The molecule has 9 heteroatoms. The fourth-order valence-corrected chi connectivity index (χ4v) is 4.65. The summed E-state index contributed by atoms with van der Waals surface area (Å²) in [6, 6.07) is 12.1. The number of rotatable bonds is 7. The highest BCUT2D eigenvalue weighted by Crippen LogP contribution is 2.32. The molecule has 1 N–H and O–H groups in total. The van der Waals surface area contributed by atoms with Gasteiger partial charge in [0.1, 0.15) is 19.0 Å². The number of nitrogens with zero attached hydrogens (tertiary/aromatic N) is 3. The first kappa shape index (κ1) is 20.8.